The Hall–Kier alpha value is -6.71. The molecular formula is C43H50N8O8. The molecule has 0 saturated carbocycles. The minimum Gasteiger partial charge on any atom is -0.453 e. The number of nitrogens with zero attached hydrogens (tertiary/aromatic N) is 3. The van der Waals surface area contributed by atoms with E-state index < -0.39 is 48.2 Å². The number of hydrogen-bond donors (Lipinski definition) is 5. The van der Waals surface area contributed by atoms with E-state index in [4.69, 9.17) is 9.47 Å². The van der Waals surface area contributed by atoms with E-state index in [2.05, 4.69) is 31.2 Å². The van der Waals surface area contributed by atoms with E-state index in [1.165, 1.54) is 19.1 Å². The second-order valence-corrected chi connectivity index (χ2v) is 14.8. The molecule has 2 saturated heterocycles. The largest absolute Gasteiger partial charge is 0.453 e. The summed E-state index contributed by atoms with van der Waals surface area (Å²) in [6, 6.07) is 20.8. The Bertz CT molecular complexity index is 2120. The summed E-state index contributed by atoms with van der Waals surface area (Å²) in [5.74, 6) is -0.681. The number of carbonyl (C=O) groups excluding carboxylic acids is 6. The molecule has 1 aromatic heterocycles. The summed E-state index contributed by atoms with van der Waals surface area (Å²) in [5, 5.41) is 10.3. The van der Waals surface area contributed by atoms with E-state index >= 15 is 0 Å². The minimum atomic E-state index is -1.06. The monoisotopic (exact) mass is 806 g/mol. The lowest BCUT2D eigenvalue weighted by Gasteiger charge is -2.30. The Morgan fingerprint density at radius 3 is 2.03 bits per heavy atom. The lowest BCUT2D eigenvalue weighted by Crippen LogP contribution is -2.52. The first kappa shape index (κ1) is 41.9. The molecule has 16 nitrogen and oxygen atoms in total. The van der Waals surface area contributed by atoms with Crippen LogP contribution in [0, 0.1) is 5.92 Å². The van der Waals surface area contributed by atoms with Gasteiger partial charge in [0, 0.05) is 19.6 Å². The number of hydrogen-bond acceptors (Lipinski definition) is 9. The van der Waals surface area contributed by atoms with Gasteiger partial charge in [-0.25, -0.2) is 19.4 Å². The SMILES string of the molecule is COC(=O)N[C@H](C(=O)N1CCC[C@H]1c1ncc(-c2ccc(-c3ccc(CNC(=O)NC(=O)[C@@H]4CCCN4C(=O)[C@H](NC(=O)OC)c4ccccc4)cc3)cc2)[nH]1)C(C)C. The number of likely N-dealkylation sites (tertiary alicyclic amines) is 2. The molecular weight excluding hydrogens is 757 g/mol. The second-order valence-electron chi connectivity index (χ2n) is 14.8. The molecule has 0 unspecified atom stereocenters. The molecule has 3 aromatic carbocycles. The molecule has 6 rings (SSSR count). The molecule has 310 valence electrons. The number of alkyl carbamates (subject to hydrolysis) is 2. The van der Waals surface area contributed by atoms with Crippen LogP contribution in [0.1, 0.15) is 68.6 Å². The van der Waals surface area contributed by atoms with E-state index in [9.17, 15) is 28.8 Å². The molecule has 4 aromatic rings. The van der Waals surface area contributed by atoms with Gasteiger partial charge in [-0.15, -0.1) is 0 Å². The first-order valence-electron chi connectivity index (χ1n) is 19.7. The third kappa shape index (κ3) is 10.1. The number of imide groups is 1. The number of aromatic amines is 1. The maximum absolute atomic E-state index is 13.6. The molecule has 5 N–H and O–H groups in total. The highest BCUT2D eigenvalue weighted by atomic mass is 16.5. The predicted octanol–water partition coefficient (Wildman–Crippen LogP) is 5.20. The summed E-state index contributed by atoms with van der Waals surface area (Å²) in [4.78, 5) is 88.3. The first-order chi connectivity index (χ1) is 28.5. The van der Waals surface area contributed by atoms with Crippen molar-refractivity contribution in [1.82, 2.24) is 41.0 Å². The maximum Gasteiger partial charge on any atom is 0.407 e. The van der Waals surface area contributed by atoms with E-state index in [0.717, 1.165) is 40.8 Å². The van der Waals surface area contributed by atoms with Crippen LogP contribution in [0.5, 0.6) is 0 Å². The number of ether oxygens (including phenoxy) is 2. The smallest absolute Gasteiger partial charge is 0.407 e. The quantitative estimate of drug-likeness (QED) is 0.127. The maximum atomic E-state index is 13.6. The summed E-state index contributed by atoms with van der Waals surface area (Å²) >= 11 is 0. The van der Waals surface area contributed by atoms with Crippen molar-refractivity contribution in [1.29, 1.82) is 0 Å². The van der Waals surface area contributed by atoms with Crippen LogP contribution in [0.4, 0.5) is 14.4 Å². The van der Waals surface area contributed by atoms with Crippen LogP contribution in [0.15, 0.2) is 85.1 Å². The Balaban J connectivity index is 1.01. The first-order valence-corrected chi connectivity index (χ1v) is 19.7. The number of aromatic nitrogens is 2. The van der Waals surface area contributed by atoms with E-state index in [1.807, 2.05) is 62.4 Å². The van der Waals surface area contributed by atoms with Gasteiger partial charge in [-0.05, 0) is 59.4 Å². The van der Waals surface area contributed by atoms with Gasteiger partial charge in [-0.1, -0.05) is 92.7 Å². The van der Waals surface area contributed by atoms with Gasteiger partial charge in [0.05, 0.1) is 32.2 Å². The predicted molar refractivity (Wildman–Crippen MR) is 217 cm³/mol. The lowest BCUT2D eigenvalue weighted by atomic mass is 10.0. The number of imidazole rings is 1. The Morgan fingerprint density at radius 2 is 1.37 bits per heavy atom. The van der Waals surface area contributed by atoms with Crippen LogP contribution in [-0.4, -0.2) is 95.1 Å². The standard InChI is InChI=1S/C43H50N8O8/c1-26(2)35(47-42(56)58-3)39(53)50-22-8-12-33(50)37-44-25-32(46-37)30-20-18-29(19-21-30)28-16-14-27(15-17-28)24-45-41(55)49-38(52)34-13-9-23-51(34)40(54)36(48-43(57)59-4)31-10-6-5-7-11-31/h5-7,10-11,14-21,25-26,33-36H,8-9,12-13,22-24H2,1-4H3,(H,44,46)(H,47,56)(H,48,57)(H2,45,49,52,55)/t33-,34-,35-,36+/m0/s1. The van der Waals surface area contributed by atoms with Crippen molar-refractivity contribution in [3.63, 3.8) is 0 Å². The zero-order valence-electron chi connectivity index (χ0n) is 33.5. The molecule has 3 heterocycles. The van der Waals surface area contributed by atoms with Gasteiger partial charge in [-0.3, -0.25) is 19.7 Å². The normalized spacial score (nSPS) is 17.2. The van der Waals surface area contributed by atoms with Gasteiger partial charge < -0.3 is 40.2 Å². The minimum absolute atomic E-state index is 0.125. The fourth-order valence-corrected chi connectivity index (χ4v) is 7.50. The van der Waals surface area contributed by atoms with Gasteiger partial charge >= 0.3 is 18.2 Å². The fourth-order valence-electron chi connectivity index (χ4n) is 7.50. The molecule has 0 radical (unpaired) electrons. The van der Waals surface area contributed by atoms with Crippen molar-refractivity contribution in [2.45, 2.75) is 70.2 Å². The molecule has 0 spiro atoms. The van der Waals surface area contributed by atoms with Gasteiger partial charge in [0.25, 0.3) is 11.8 Å². The molecule has 2 aliphatic rings. The molecule has 0 bridgehead atoms. The van der Waals surface area contributed by atoms with Crippen LogP contribution in [0.2, 0.25) is 0 Å². The average molecular weight is 807 g/mol. The number of H-pyrrole nitrogens is 1. The highest BCUT2D eigenvalue weighted by Gasteiger charge is 2.40. The van der Waals surface area contributed by atoms with Crippen LogP contribution in [-0.2, 0) is 30.4 Å². The average Bonchev–Trinajstić information content (AvgIpc) is 4.06. The molecule has 59 heavy (non-hydrogen) atoms. The number of methoxy groups -OCH3 is 2. The molecule has 16 heteroatoms. The van der Waals surface area contributed by atoms with E-state index in [-0.39, 0.29) is 24.4 Å². The van der Waals surface area contributed by atoms with Gasteiger partial charge in [0.2, 0.25) is 5.91 Å². The van der Waals surface area contributed by atoms with E-state index in [1.54, 1.807) is 41.4 Å². The molecule has 0 aliphatic carbocycles. The Morgan fingerprint density at radius 1 is 0.763 bits per heavy atom. The number of nitrogens with one attached hydrogen (secondary N) is 5. The van der Waals surface area contributed by atoms with Crippen molar-refractivity contribution in [3.05, 3.63) is 102 Å². The fraction of sp³-hybridized carbons (Fsp3) is 0.372. The Kier molecular flexibility index (Phi) is 13.6. The molecule has 4 atom stereocenters. The molecule has 7 amide bonds. The van der Waals surface area contributed by atoms with Crippen LogP contribution in [0.25, 0.3) is 22.4 Å². The zero-order valence-corrected chi connectivity index (χ0v) is 33.5. The van der Waals surface area contributed by atoms with Crippen molar-refractivity contribution in [3.8, 4) is 22.4 Å². The van der Waals surface area contributed by atoms with E-state index in [0.29, 0.717) is 37.3 Å². The number of carbonyl (C=O) groups is 6. The zero-order chi connectivity index (χ0) is 42.1. The third-order valence-corrected chi connectivity index (χ3v) is 10.7. The summed E-state index contributed by atoms with van der Waals surface area (Å²) in [6.07, 6.45) is 2.85. The number of urea groups is 1. The highest BCUT2D eigenvalue weighted by molar-refractivity contribution is 5.99. The Labute approximate surface area is 342 Å². The number of amides is 7. The summed E-state index contributed by atoms with van der Waals surface area (Å²) < 4.78 is 9.46. The number of benzene rings is 3. The summed E-state index contributed by atoms with van der Waals surface area (Å²) in [5.41, 5.74) is 5.04. The van der Waals surface area contributed by atoms with Crippen LogP contribution < -0.4 is 21.3 Å². The molecule has 2 aliphatic heterocycles. The van der Waals surface area contributed by atoms with Crippen molar-refractivity contribution in [2.24, 2.45) is 5.92 Å². The van der Waals surface area contributed by atoms with Gasteiger partial charge in [0.15, 0.2) is 0 Å². The lowest BCUT2D eigenvalue weighted by molar-refractivity contribution is -0.139. The van der Waals surface area contributed by atoms with Crippen molar-refractivity contribution >= 4 is 35.9 Å². The number of rotatable bonds is 12. The van der Waals surface area contributed by atoms with Crippen molar-refractivity contribution < 1.29 is 38.2 Å². The summed E-state index contributed by atoms with van der Waals surface area (Å²) in [6.45, 7) is 4.79. The third-order valence-electron chi connectivity index (χ3n) is 10.7. The highest BCUT2D eigenvalue weighted by Crippen LogP contribution is 2.33. The second kappa shape index (κ2) is 19.2. The van der Waals surface area contributed by atoms with Crippen LogP contribution in [0.3, 0.4) is 0 Å². The summed E-state index contributed by atoms with van der Waals surface area (Å²) in [7, 11) is 2.48. The topological polar surface area (TPSA) is 204 Å². The van der Waals surface area contributed by atoms with Crippen LogP contribution >= 0.6 is 0 Å². The van der Waals surface area contributed by atoms with Crippen molar-refractivity contribution in [2.75, 3.05) is 27.3 Å². The van der Waals surface area contributed by atoms with Gasteiger partial charge in [0.1, 0.15) is 23.9 Å². The van der Waals surface area contributed by atoms with Gasteiger partial charge in [-0.2, -0.15) is 0 Å². The molecule has 2 fully saturated rings.